The van der Waals surface area contributed by atoms with Crippen LogP contribution in [-0.2, 0) is 16.4 Å². The van der Waals surface area contributed by atoms with E-state index in [1.54, 1.807) is 24.3 Å². The Bertz CT molecular complexity index is 882. The van der Waals surface area contributed by atoms with Gasteiger partial charge in [-0.05, 0) is 44.0 Å². The molecule has 1 heterocycles. The molecular weight excluding hydrogens is 308 g/mol. The van der Waals surface area contributed by atoms with Gasteiger partial charge >= 0.3 is 0 Å². The molecule has 0 aliphatic carbocycles. The highest BCUT2D eigenvalue weighted by Crippen LogP contribution is 2.44. The van der Waals surface area contributed by atoms with Crippen LogP contribution in [0, 0.1) is 18.3 Å². The molecule has 1 atom stereocenters. The van der Waals surface area contributed by atoms with Crippen LogP contribution in [0.25, 0.3) is 0 Å². The average molecular weight is 326 g/mol. The van der Waals surface area contributed by atoms with Crippen LogP contribution in [0.5, 0.6) is 0 Å². The summed E-state index contributed by atoms with van der Waals surface area (Å²) in [6.45, 7) is 3.75. The number of hydrogen-bond donors (Lipinski definition) is 0. The summed E-state index contributed by atoms with van der Waals surface area (Å²) in [4.78, 5) is 0.254. The minimum Gasteiger partial charge on any atom is -0.259 e. The van der Waals surface area contributed by atoms with Crippen LogP contribution in [0.15, 0.2) is 53.4 Å². The highest BCUT2D eigenvalue weighted by atomic mass is 32.2. The summed E-state index contributed by atoms with van der Waals surface area (Å²) in [5, 5.41) is 9.19. The molecule has 1 unspecified atom stereocenters. The summed E-state index contributed by atoms with van der Waals surface area (Å²) in [5.41, 5.74) is 1.87. The Morgan fingerprint density at radius 2 is 1.83 bits per heavy atom. The predicted molar refractivity (Wildman–Crippen MR) is 89.6 cm³/mol. The molecule has 2 aromatic rings. The first-order chi connectivity index (χ1) is 10.9. The molecule has 0 fully saturated rings. The SMILES string of the molecule is Cc1ccc(S(=O)(=O)N2c3ccccc3CC2(C)CC#N)cc1. The number of hydrogen-bond acceptors (Lipinski definition) is 3. The lowest BCUT2D eigenvalue weighted by molar-refractivity contribution is 0.490. The van der Waals surface area contributed by atoms with Crippen molar-refractivity contribution in [3.63, 3.8) is 0 Å². The number of sulfonamides is 1. The maximum atomic E-state index is 13.2. The molecule has 118 valence electrons. The van der Waals surface area contributed by atoms with Crippen LogP contribution >= 0.6 is 0 Å². The molecule has 23 heavy (non-hydrogen) atoms. The minimum atomic E-state index is -3.72. The molecule has 2 aromatic carbocycles. The highest BCUT2D eigenvalue weighted by Gasteiger charge is 2.46. The fraction of sp³-hybridized carbons (Fsp3) is 0.278. The van der Waals surface area contributed by atoms with Crippen molar-refractivity contribution >= 4 is 15.7 Å². The average Bonchev–Trinajstić information content (AvgIpc) is 2.80. The van der Waals surface area contributed by atoms with E-state index in [1.165, 1.54) is 4.31 Å². The summed E-state index contributed by atoms with van der Waals surface area (Å²) in [5.74, 6) is 0. The molecule has 5 heteroatoms. The lowest BCUT2D eigenvalue weighted by atomic mass is 9.95. The topological polar surface area (TPSA) is 61.2 Å². The monoisotopic (exact) mass is 326 g/mol. The van der Waals surface area contributed by atoms with Gasteiger partial charge in [-0.25, -0.2) is 8.42 Å². The molecule has 0 amide bonds. The molecule has 0 bridgehead atoms. The zero-order valence-corrected chi connectivity index (χ0v) is 14.0. The van der Waals surface area contributed by atoms with Gasteiger partial charge in [-0.15, -0.1) is 0 Å². The van der Waals surface area contributed by atoms with Gasteiger partial charge in [-0.2, -0.15) is 5.26 Å². The van der Waals surface area contributed by atoms with E-state index in [9.17, 15) is 13.7 Å². The normalized spacial score (nSPS) is 20.1. The number of aryl methyl sites for hydroxylation is 1. The van der Waals surface area contributed by atoms with E-state index in [1.807, 2.05) is 38.1 Å². The van der Waals surface area contributed by atoms with E-state index >= 15 is 0 Å². The number of nitriles is 1. The van der Waals surface area contributed by atoms with Crippen molar-refractivity contribution in [2.75, 3.05) is 4.31 Å². The number of rotatable bonds is 3. The molecule has 0 N–H and O–H groups in total. The summed E-state index contributed by atoms with van der Waals surface area (Å²) in [7, 11) is -3.72. The van der Waals surface area contributed by atoms with Gasteiger partial charge in [-0.1, -0.05) is 35.9 Å². The van der Waals surface area contributed by atoms with Crippen LogP contribution in [0.4, 0.5) is 5.69 Å². The van der Waals surface area contributed by atoms with Gasteiger partial charge in [0, 0.05) is 0 Å². The second-order valence-corrected chi connectivity index (χ2v) is 8.01. The standard InChI is InChI=1S/C18H18N2O2S/c1-14-7-9-16(10-8-14)23(21,22)20-17-6-4-3-5-15(17)13-18(20,2)11-12-19/h3-10H,11,13H2,1-2H3. The lowest BCUT2D eigenvalue weighted by Gasteiger charge is -2.34. The quantitative estimate of drug-likeness (QED) is 0.868. The first kappa shape index (κ1) is 15.6. The highest BCUT2D eigenvalue weighted by molar-refractivity contribution is 7.93. The third-order valence-corrected chi connectivity index (χ3v) is 6.28. The molecule has 3 rings (SSSR count). The zero-order chi connectivity index (χ0) is 16.7. The predicted octanol–water partition coefficient (Wildman–Crippen LogP) is 3.42. The maximum absolute atomic E-state index is 13.2. The number of fused-ring (bicyclic) bond motifs is 1. The number of anilines is 1. The first-order valence-corrected chi connectivity index (χ1v) is 8.89. The zero-order valence-electron chi connectivity index (χ0n) is 13.2. The van der Waals surface area contributed by atoms with E-state index in [4.69, 9.17) is 0 Å². The number of benzene rings is 2. The molecule has 0 radical (unpaired) electrons. The smallest absolute Gasteiger partial charge is 0.259 e. The van der Waals surface area contributed by atoms with Crippen molar-refractivity contribution < 1.29 is 8.42 Å². The fourth-order valence-corrected chi connectivity index (χ4v) is 5.01. The van der Waals surface area contributed by atoms with Gasteiger partial charge in [0.1, 0.15) is 0 Å². The summed E-state index contributed by atoms with van der Waals surface area (Å²) in [6, 6.07) is 16.4. The molecule has 0 aromatic heterocycles. The number of para-hydroxylation sites is 1. The van der Waals surface area contributed by atoms with Crippen LogP contribution < -0.4 is 4.31 Å². The Kier molecular flexibility index (Phi) is 3.65. The Morgan fingerprint density at radius 3 is 2.48 bits per heavy atom. The lowest BCUT2D eigenvalue weighted by Crippen LogP contribution is -2.47. The third kappa shape index (κ3) is 2.49. The Hall–Kier alpha value is -2.32. The van der Waals surface area contributed by atoms with Crippen molar-refractivity contribution in [1.82, 2.24) is 0 Å². The van der Waals surface area contributed by atoms with Gasteiger partial charge in [0.05, 0.1) is 28.6 Å². The van der Waals surface area contributed by atoms with Gasteiger partial charge in [0.15, 0.2) is 0 Å². The van der Waals surface area contributed by atoms with E-state index in [-0.39, 0.29) is 11.3 Å². The maximum Gasteiger partial charge on any atom is 0.264 e. The van der Waals surface area contributed by atoms with E-state index in [0.717, 1.165) is 11.1 Å². The van der Waals surface area contributed by atoms with E-state index < -0.39 is 15.6 Å². The molecule has 0 saturated carbocycles. The fourth-order valence-electron chi connectivity index (χ4n) is 3.17. The van der Waals surface area contributed by atoms with Crippen LogP contribution in [0.2, 0.25) is 0 Å². The third-order valence-electron chi connectivity index (χ3n) is 4.29. The van der Waals surface area contributed by atoms with E-state index in [2.05, 4.69) is 6.07 Å². The largest absolute Gasteiger partial charge is 0.264 e. The van der Waals surface area contributed by atoms with Crippen LogP contribution in [0.3, 0.4) is 0 Å². The van der Waals surface area contributed by atoms with Crippen LogP contribution in [-0.4, -0.2) is 14.0 Å². The Morgan fingerprint density at radius 1 is 1.17 bits per heavy atom. The second kappa shape index (κ2) is 5.39. The Labute approximate surface area is 137 Å². The van der Waals surface area contributed by atoms with Crippen molar-refractivity contribution in [3.05, 3.63) is 59.7 Å². The molecule has 0 saturated heterocycles. The molecule has 0 spiro atoms. The molecule has 4 nitrogen and oxygen atoms in total. The van der Waals surface area contributed by atoms with Gasteiger partial charge in [-0.3, -0.25) is 4.31 Å². The number of nitrogens with zero attached hydrogens (tertiary/aromatic N) is 2. The van der Waals surface area contributed by atoms with E-state index in [0.29, 0.717) is 12.1 Å². The first-order valence-electron chi connectivity index (χ1n) is 7.45. The minimum absolute atomic E-state index is 0.146. The van der Waals surface area contributed by atoms with Crippen molar-refractivity contribution in [3.8, 4) is 6.07 Å². The van der Waals surface area contributed by atoms with Gasteiger partial charge in [0.25, 0.3) is 10.0 Å². The molecule has 1 aliphatic heterocycles. The van der Waals surface area contributed by atoms with Gasteiger partial charge in [0.2, 0.25) is 0 Å². The summed E-state index contributed by atoms with van der Waals surface area (Å²) < 4.78 is 27.9. The summed E-state index contributed by atoms with van der Waals surface area (Å²) >= 11 is 0. The molecule has 1 aliphatic rings. The van der Waals surface area contributed by atoms with Crippen molar-refractivity contribution in [2.45, 2.75) is 37.1 Å². The van der Waals surface area contributed by atoms with Gasteiger partial charge < -0.3 is 0 Å². The molecular formula is C18H18N2O2S. The summed E-state index contributed by atoms with van der Waals surface area (Å²) in [6.07, 6.45) is 0.689. The van der Waals surface area contributed by atoms with Crippen LogP contribution in [0.1, 0.15) is 24.5 Å². The second-order valence-electron chi connectivity index (χ2n) is 6.22. The van der Waals surface area contributed by atoms with Crippen molar-refractivity contribution in [2.24, 2.45) is 0 Å². The van der Waals surface area contributed by atoms with Crippen molar-refractivity contribution in [1.29, 1.82) is 5.26 Å². The Balaban J connectivity index is 2.18.